The summed E-state index contributed by atoms with van der Waals surface area (Å²) in [5.74, 6) is 2.43. The molecule has 0 aromatic carbocycles. The molecule has 3 heterocycles. The number of aryl methyl sites for hydroxylation is 2. The molecule has 0 saturated carbocycles. The van der Waals surface area contributed by atoms with E-state index in [0.29, 0.717) is 0 Å². The zero-order chi connectivity index (χ0) is 15.9. The highest BCUT2D eigenvalue weighted by molar-refractivity contribution is 7.99. The predicted molar refractivity (Wildman–Crippen MR) is 90.6 cm³/mol. The maximum absolute atomic E-state index is 13.0. The average molecular weight is 318 g/mol. The van der Waals surface area contributed by atoms with Crippen molar-refractivity contribution in [2.75, 3.05) is 24.6 Å². The smallest absolute Gasteiger partial charge is 0.254 e. The van der Waals surface area contributed by atoms with Crippen molar-refractivity contribution in [3.8, 4) is 0 Å². The number of rotatable bonds is 2. The summed E-state index contributed by atoms with van der Waals surface area (Å²) in [6, 6.07) is 1.96. The molecule has 0 N–H and O–H groups in total. The highest BCUT2D eigenvalue weighted by Gasteiger charge is 2.24. The Kier molecular flexibility index (Phi) is 4.12. The van der Waals surface area contributed by atoms with Gasteiger partial charge in [-0.2, -0.15) is 16.9 Å². The summed E-state index contributed by atoms with van der Waals surface area (Å²) in [6.45, 7) is 7.79. The number of aromatic nitrogens is 3. The van der Waals surface area contributed by atoms with Gasteiger partial charge in [0.2, 0.25) is 0 Å². The highest BCUT2D eigenvalue weighted by Crippen LogP contribution is 2.26. The zero-order valence-corrected chi connectivity index (χ0v) is 14.4. The Morgan fingerprint density at radius 3 is 2.64 bits per heavy atom. The quantitative estimate of drug-likeness (QED) is 0.854. The summed E-state index contributed by atoms with van der Waals surface area (Å²) in [5, 5.41) is 5.36. The van der Waals surface area contributed by atoms with Crippen LogP contribution in [0.25, 0.3) is 11.0 Å². The highest BCUT2D eigenvalue weighted by atomic mass is 32.2. The van der Waals surface area contributed by atoms with Crippen molar-refractivity contribution in [3.63, 3.8) is 0 Å². The molecule has 0 atom stereocenters. The van der Waals surface area contributed by atoms with Crippen LogP contribution in [0.4, 0.5) is 0 Å². The third-order valence-corrected chi connectivity index (χ3v) is 5.05. The molecule has 0 bridgehead atoms. The lowest BCUT2D eigenvalue weighted by Crippen LogP contribution is -2.38. The molecule has 0 radical (unpaired) electrons. The zero-order valence-electron chi connectivity index (χ0n) is 13.6. The summed E-state index contributed by atoms with van der Waals surface area (Å²) in [7, 11) is 1.89. The second kappa shape index (κ2) is 5.91. The van der Waals surface area contributed by atoms with Gasteiger partial charge in [0, 0.05) is 37.3 Å². The van der Waals surface area contributed by atoms with E-state index in [0.717, 1.165) is 52.6 Å². The van der Waals surface area contributed by atoms with Crippen molar-refractivity contribution < 1.29 is 4.79 Å². The van der Waals surface area contributed by atoms with E-state index in [1.165, 1.54) is 0 Å². The summed E-state index contributed by atoms with van der Waals surface area (Å²) in [5.41, 5.74) is 3.38. The number of pyridine rings is 1. The van der Waals surface area contributed by atoms with Crippen LogP contribution in [-0.4, -0.2) is 50.2 Å². The van der Waals surface area contributed by atoms with Gasteiger partial charge in [0.05, 0.1) is 16.6 Å². The number of nitrogens with zero attached hydrogens (tertiary/aromatic N) is 4. The first-order chi connectivity index (χ1) is 10.5. The summed E-state index contributed by atoms with van der Waals surface area (Å²) >= 11 is 1.91. The minimum absolute atomic E-state index is 0.116. The molecule has 2 aromatic rings. The molecule has 3 rings (SSSR count). The van der Waals surface area contributed by atoms with E-state index < -0.39 is 0 Å². The molecular weight excluding hydrogens is 296 g/mol. The lowest BCUT2D eigenvalue weighted by molar-refractivity contribution is 0.0774. The molecule has 1 fully saturated rings. The molecule has 2 aromatic heterocycles. The summed E-state index contributed by atoms with van der Waals surface area (Å²) in [4.78, 5) is 19.7. The van der Waals surface area contributed by atoms with Crippen LogP contribution in [-0.2, 0) is 7.05 Å². The van der Waals surface area contributed by atoms with E-state index in [4.69, 9.17) is 4.98 Å². The van der Waals surface area contributed by atoms with Crippen molar-refractivity contribution in [3.05, 3.63) is 23.0 Å². The number of carbonyl (C=O) groups is 1. The van der Waals surface area contributed by atoms with Crippen LogP contribution in [0.2, 0.25) is 0 Å². The molecule has 1 aliphatic heterocycles. The van der Waals surface area contributed by atoms with Crippen molar-refractivity contribution in [1.82, 2.24) is 19.7 Å². The minimum atomic E-state index is 0.116. The van der Waals surface area contributed by atoms with Gasteiger partial charge in [-0.25, -0.2) is 4.98 Å². The van der Waals surface area contributed by atoms with E-state index >= 15 is 0 Å². The fourth-order valence-electron chi connectivity index (χ4n) is 2.87. The molecular formula is C16H22N4OS. The monoisotopic (exact) mass is 318 g/mol. The average Bonchev–Trinajstić information content (AvgIpc) is 2.81. The van der Waals surface area contributed by atoms with Crippen LogP contribution in [0.3, 0.4) is 0 Å². The van der Waals surface area contributed by atoms with Gasteiger partial charge >= 0.3 is 0 Å². The second-order valence-corrected chi connectivity index (χ2v) is 7.29. The van der Waals surface area contributed by atoms with Crippen LogP contribution < -0.4 is 0 Å². The minimum Gasteiger partial charge on any atom is -0.337 e. The third-order valence-electron chi connectivity index (χ3n) is 4.11. The van der Waals surface area contributed by atoms with Gasteiger partial charge < -0.3 is 4.90 Å². The van der Waals surface area contributed by atoms with E-state index in [9.17, 15) is 4.79 Å². The Bertz CT molecular complexity index is 716. The molecule has 1 saturated heterocycles. The van der Waals surface area contributed by atoms with Crippen molar-refractivity contribution in [1.29, 1.82) is 0 Å². The van der Waals surface area contributed by atoms with Crippen LogP contribution in [0, 0.1) is 6.92 Å². The van der Waals surface area contributed by atoms with Crippen molar-refractivity contribution in [2.45, 2.75) is 26.7 Å². The Morgan fingerprint density at radius 1 is 1.32 bits per heavy atom. The number of hydrogen-bond donors (Lipinski definition) is 0. The summed E-state index contributed by atoms with van der Waals surface area (Å²) < 4.78 is 1.78. The standard InChI is InChI=1S/C16H22N4OS/c1-10(2)13-9-12(16(21)20-5-7-22-8-6-20)14-11(3)18-19(4)15(14)17-13/h9-10H,5-8H2,1-4H3. The molecule has 0 aliphatic carbocycles. The largest absolute Gasteiger partial charge is 0.337 e. The fraction of sp³-hybridized carbons (Fsp3) is 0.562. The van der Waals surface area contributed by atoms with Crippen LogP contribution in [0.5, 0.6) is 0 Å². The topological polar surface area (TPSA) is 51.0 Å². The van der Waals surface area contributed by atoms with E-state index in [2.05, 4.69) is 18.9 Å². The molecule has 1 amide bonds. The Morgan fingerprint density at radius 2 is 2.00 bits per heavy atom. The Hall–Kier alpha value is -1.56. The van der Waals surface area contributed by atoms with Gasteiger partial charge in [0.1, 0.15) is 0 Å². The number of amides is 1. The fourth-order valence-corrected chi connectivity index (χ4v) is 3.77. The molecule has 5 nitrogen and oxygen atoms in total. The number of fused-ring (bicyclic) bond motifs is 1. The molecule has 1 aliphatic rings. The second-order valence-electron chi connectivity index (χ2n) is 6.06. The molecule has 118 valence electrons. The molecule has 22 heavy (non-hydrogen) atoms. The van der Waals surface area contributed by atoms with Crippen LogP contribution in [0.15, 0.2) is 6.07 Å². The number of carbonyl (C=O) groups excluding carboxylic acids is 1. The van der Waals surface area contributed by atoms with Crippen LogP contribution >= 0.6 is 11.8 Å². The first kappa shape index (κ1) is 15.3. The van der Waals surface area contributed by atoms with Gasteiger partial charge in [-0.1, -0.05) is 13.8 Å². The third kappa shape index (κ3) is 2.60. The summed E-state index contributed by atoms with van der Waals surface area (Å²) in [6.07, 6.45) is 0. The van der Waals surface area contributed by atoms with Gasteiger partial charge in [-0.3, -0.25) is 9.48 Å². The first-order valence-corrected chi connectivity index (χ1v) is 8.85. The molecule has 6 heteroatoms. The number of thioether (sulfide) groups is 1. The van der Waals surface area contributed by atoms with E-state index in [1.54, 1.807) is 4.68 Å². The van der Waals surface area contributed by atoms with Crippen molar-refractivity contribution in [2.24, 2.45) is 7.05 Å². The van der Waals surface area contributed by atoms with Gasteiger partial charge in [-0.15, -0.1) is 0 Å². The van der Waals surface area contributed by atoms with E-state index in [1.807, 2.05) is 36.7 Å². The normalized spacial score (nSPS) is 15.8. The number of hydrogen-bond acceptors (Lipinski definition) is 4. The predicted octanol–water partition coefficient (Wildman–Crippen LogP) is 2.59. The van der Waals surface area contributed by atoms with Gasteiger partial charge in [0.25, 0.3) is 5.91 Å². The lowest BCUT2D eigenvalue weighted by Gasteiger charge is -2.27. The van der Waals surface area contributed by atoms with Gasteiger partial charge in [-0.05, 0) is 18.9 Å². The SMILES string of the molecule is Cc1nn(C)c2nc(C(C)C)cc(C(=O)N3CCSCC3)c12. The molecule has 0 unspecified atom stereocenters. The van der Waals surface area contributed by atoms with Crippen molar-refractivity contribution >= 4 is 28.7 Å². The lowest BCUT2D eigenvalue weighted by atomic mass is 10.0. The van der Waals surface area contributed by atoms with E-state index in [-0.39, 0.29) is 11.8 Å². The first-order valence-electron chi connectivity index (χ1n) is 7.70. The maximum Gasteiger partial charge on any atom is 0.254 e. The maximum atomic E-state index is 13.0. The van der Waals surface area contributed by atoms with Crippen LogP contribution in [0.1, 0.15) is 41.5 Å². The Labute approximate surface area is 135 Å². The molecule has 0 spiro atoms. The van der Waals surface area contributed by atoms with Gasteiger partial charge in [0.15, 0.2) is 5.65 Å². The Balaban J connectivity index is 2.15.